The third kappa shape index (κ3) is 6.76. The molecule has 1 N–H and O–H groups in total. The van der Waals surface area contributed by atoms with Crippen molar-refractivity contribution in [3.63, 3.8) is 0 Å². The molecule has 4 nitrogen and oxygen atoms in total. The zero-order valence-corrected chi connectivity index (χ0v) is 18.6. The maximum absolute atomic E-state index is 13.3. The average molecular weight is 435 g/mol. The molecule has 2 aromatic carbocycles. The van der Waals surface area contributed by atoms with Crippen LogP contribution in [0.4, 0.5) is 0 Å². The molecule has 0 aliphatic rings. The lowest BCUT2D eigenvalue weighted by Crippen LogP contribution is -2.51. The standard InChI is InChI=1S/C23H28Cl2N2O2/c1-4-16(3)26-23(29)21(5-2)27(15-18-10-6-7-12-20(18)25)22(28)14-17-9-8-11-19(24)13-17/h6-13,16,21H,4-5,14-15H2,1-3H3,(H,26,29)/t16-,21+/m0/s1. The van der Waals surface area contributed by atoms with Crippen LogP contribution in [0, 0.1) is 0 Å². The molecule has 6 heteroatoms. The largest absolute Gasteiger partial charge is 0.352 e. The van der Waals surface area contributed by atoms with Crippen LogP contribution in [0.3, 0.4) is 0 Å². The fourth-order valence-corrected chi connectivity index (χ4v) is 3.50. The highest BCUT2D eigenvalue weighted by molar-refractivity contribution is 6.31. The van der Waals surface area contributed by atoms with Gasteiger partial charge in [-0.05, 0) is 49.1 Å². The van der Waals surface area contributed by atoms with Gasteiger partial charge in [-0.3, -0.25) is 9.59 Å². The quantitative estimate of drug-likeness (QED) is 0.584. The van der Waals surface area contributed by atoms with E-state index in [1.165, 1.54) is 0 Å². The van der Waals surface area contributed by atoms with Gasteiger partial charge in [0, 0.05) is 22.6 Å². The molecule has 0 bridgehead atoms. The minimum Gasteiger partial charge on any atom is -0.352 e. The molecule has 0 aromatic heterocycles. The van der Waals surface area contributed by atoms with E-state index in [0.29, 0.717) is 16.5 Å². The number of carbonyl (C=O) groups excluding carboxylic acids is 2. The average Bonchev–Trinajstić information content (AvgIpc) is 2.69. The highest BCUT2D eigenvalue weighted by Gasteiger charge is 2.29. The van der Waals surface area contributed by atoms with Crippen molar-refractivity contribution in [1.82, 2.24) is 10.2 Å². The van der Waals surface area contributed by atoms with Crippen molar-refractivity contribution >= 4 is 35.0 Å². The first-order valence-electron chi connectivity index (χ1n) is 9.93. The summed E-state index contributed by atoms with van der Waals surface area (Å²) in [6.07, 6.45) is 1.50. The first kappa shape index (κ1) is 23.2. The number of benzene rings is 2. The van der Waals surface area contributed by atoms with E-state index in [-0.39, 0.29) is 30.8 Å². The Labute approximate surface area is 183 Å². The second-order valence-corrected chi connectivity index (χ2v) is 8.01. The predicted octanol–water partition coefficient (Wildman–Crippen LogP) is 5.26. The lowest BCUT2D eigenvalue weighted by atomic mass is 10.1. The van der Waals surface area contributed by atoms with E-state index in [1.807, 2.05) is 51.1 Å². The summed E-state index contributed by atoms with van der Waals surface area (Å²) in [5.41, 5.74) is 1.62. The van der Waals surface area contributed by atoms with Crippen LogP contribution in [-0.4, -0.2) is 28.8 Å². The molecule has 0 radical (unpaired) electrons. The Hall–Kier alpha value is -2.04. The zero-order chi connectivity index (χ0) is 21.4. The summed E-state index contributed by atoms with van der Waals surface area (Å²) in [5, 5.41) is 4.15. The van der Waals surface area contributed by atoms with Gasteiger partial charge in [-0.25, -0.2) is 0 Å². The maximum atomic E-state index is 13.3. The van der Waals surface area contributed by atoms with E-state index >= 15 is 0 Å². The molecular weight excluding hydrogens is 407 g/mol. The number of hydrogen-bond acceptors (Lipinski definition) is 2. The molecule has 0 unspecified atom stereocenters. The van der Waals surface area contributed by atoms with E-state index < -0.39 is 6.04 Å². The number of amides is 2. The van der Waals surface area contributed by atoms with Crippen molar-refractivity contribution in [3.05, 3.63) is 69.7 Å². The summed E-state index contributed by atoms with van der Waals surface area (Å²) in [6.45, 7) is 6.15. The van der Waals surface area contributed by atoms with Crippen molar-refractivity contribution in [2.75, 3.05) is 0 Å². The zero-order valence-electron chi connectivity index (χ0n) is 17.1. The minimum absolute atomic E-state index is 0.0433. The van der Waals surface area contributed by atoms with Crippen molar-refractivity contribution in [2.45, 2.75) is 58.7 Å². The Morgan fingerprint density at radius 2 is 1.76 bits per heavy atom. The van der Waals surface area contributed by atoms with E-state index in [2.05, 4.69) is 5.32 Å². The molecule has 0 aliphatic carbocycles. The highest BCUT2D eigenvalue weighted by atomic mass is 35.5. The van der Waals surface area contributed by atoms with Gasteiger partial charge in [-0.2, -0.15) is 0 Å². The molecule has 0 fully saturated rings. The Kier molecular flexibility index (Phi) is 8.99. The Morgan fingerprint density at radius 3 is 2.38 bits per heavy atom. The molecule has 29 heavy (non-hydrogen) atoms. The second-order valence-electron chi connectivity index (χ2n) is 7.16. The van der Waals surface area contributed by atoms with Crippen molar-refractivity contribution in [2.24, 2.45) is 0 Å². The van der Waals surface area contributed by atoms with Crippen LogP contribution < -0.4 is 5.32 Å². The maximum Gasteiger partial charge on any atom is 0.243 e. The number of nitrogens with one attached hydrogen (secondary N) is 1. The molecule has 0 heterocycles. The van der Waals surface area contributed by atoms with Gasteiger partial charge in [-0.15, -0.1) is 0 Å². The lowest BCUT2D eigenvalue weighted by molar-refractivity contribution is -0.141. The van der Waals surface area contributed by atoms with Crippen LogP contribution in [0.2, 0.25) is 10.0 Å². The van der Waals surface area contributed by atoms with Crippen LogP contribution >= 0.6 is 23.2 Å². The molecule has 2 rings (SSSR count). The number of halogens is 2. The van der Waals surface area contributed by atoms with Crippen LogP contribution in [-0.2, 0) is 22.6 Å². The Bertz CT molecular complexity index is 841. The van der Waals surface area contributed by atoms with E-state index in [0.717, 1.165) is 17.5 Å². The minimum atomic E-state index is -0.577. The highest BCUT2D eigenvalue weighted by Crippen LogP contribution is 2.21. The fourth-order valence-electron chi connectivity index (χ4n) is 3.09. The van der Waals surface area contributed by atoms with Gasteiger partial charge >= 0.3 is 0 Å². The van der Waals surface area contributed by atoms with E-state index in [9.17, 15) is 9.59 Å². The summed E-state index contributed by atoms with van der Waals surface area (Å²) in [7, 11) is 0. The Morgan fingerprint density at radius 1 is 1.03 bits per heavy atom. The molecule has 2 amide bonds. The van der Waals surface area contributed by atoms with Gasteiger partial charge in [0.2, 0.25) is 11.8 Å². The lowest BCUT2D eigenvalue weighted by Gasteiger charge is -2.32. The fraction of sp³-hybridized carbons (Fsp3) is 0.391. The summed E-state index contributed by atoms with van der Waals surface area (Å²) in [6, 6.07) is 14.1. The van der Waals surface area contributed by atoms with Gasteiger partial charge in [-0.1, -0.05) is 67.4 Å². The SMILES string of the molecule is CC[C@H](C(=O)N[C@@H](C)CC)N(Cc1ccccc1Cl)C(=O)Cc1cccc(Cl)c1. The van der Waals surface area contributed by atoms with E-state index in [1.54, 1.807) is 23.1 Å². The van der Waals surface area contributed by atoms with Crippen LogP contribution in [0.15, 0.2) is 48.5 Å². The first-order chi connectivity index (χ1) is 13.8. The van der Waals surface area contributed by atoms with Gasteiger partial charge in [0.15, 0.2) is 0 Å². The molecule has 0 aliphatic heterocycles. The first-order valence-corrected chi connectivity index (χ1v) is 10.7. The smallest absolute Gasteiger partial charge is 0.243 e. The molecule has 0 saturated carbocycles. The number of nitrogens with zero attached hydrogens (tertiary/aromatic N) is 1. The molecule has 0 saturated heterocycles. The number of carbonyl (C=O) groups is 2. The summed E-state index contributed by atoms with van der Waals surface area (Å²) >= 11 is 12.4. The van der Waals surface area contributed by atoms with Crippen LogP contribution in [0.1, 0.15) is 44.7 Å². The van der Waals surface area contributed by atoms with Gasteiger partial charge in [0.25, 0.3) is 0 Å². The summed E-state index contributed by atoms with van der Waals surface area (Å²) in [4.78, 5) is 27.8. The molecular formula is C23H28Cl2N2O2. The third-order valence-corrected chi connectivity index (χ3v) is 5.53. The van der Waals surface area contributed by atoms with Crippen molar-refractivity contribution in [1.29, 1.82) is 0 Å². The molecule has 0 spiro atoms. The summed E-state index contributed by atoms with van der Waals surface area (Å²) < 4.78 is 0. The third-order valence-electron chi connectivity index (χ3n) is 4.93. The number of rotatable bonds is 9. The van der Waals surface area contributed by atoms with Crippen molar-refractivity contribution in [3.8, 4) is 0 Å². The molecule has 2 aromatic rings. The monoisotopic (exact) mass is 434 g/mol. The van der Waals surface area contributed by atoms with Crippen LogP contribution in [0.25, 0.3) is 0 Å². The Balaban J connectivity index is 2.31. The van der Waals surface area contributed by atoms with E-state index in [4.69, 9.17) is 23.2 Å². The normalized spacial score (nSPS) is 12.9. The van der Waals surface area contributed by atoms with Crippen LogP contribution in [0.5, 0.6) is 0 Å². The molecule has 2 atom stereocenters. The van der Waals surface area contributed by atoms with Gasteiger partial charge < -0.3 is 10.2 Å². The summed E-state index contributed by atoms with van der Waals surface area (Å²) in [5.74, 6) is -0.285. The number of hydrogen-bond donors (Lipinski definition) is 1. The van der Waals surface area contributed by atoms with Gasteiger partial charge in [0.1, 0.15) is 6.04 Å². The topological polar surface area (TPSA) is 49.4 Å². The van der Waals surface area contributed by atoms with Gasteiger partial charge in [0.05, 0.1) is 6.42 Å². The second kappa shape index (κ2) is 11.2. The molecule has 156 valence electrons. The van der Waals surface area contributed by atoms with Crippen molar-refractivity contribution < 1.29 is 9.59 Å². The predicted molar refractivity (Wildman–Crippen MR) is 119 cm³/mol.